The van der Waals surface area contributed by atoms with Crippen molar-refractivity contribution in [2.45, 2.75) is 26.7 Å². The number of anilines is 1. The van der Waals surface area contributed by atoms with Crippen molar-refractivity contribution in [2.24, 2.45) is 5.92 Å². The molecule has 2 aromatic carbocycles. The molecule has 1 atom stereocenters. The molecule has 0 saturated carbocycles. The van der Waals surface area contributed by atoms with Crippen LogP contribution in [0.5, 0.6) is 0 Å². The molecule has 24 heavy (non-hydrogen) atoms. The van der Waals surface area contributed by atoms with Crippen LogP contribution in [-0.2, 0) is 22.4 Å². The lowest BCUT2D eigenvalue weighted by Gasteiger charge is -2.11. The summed E-state index contributed by atoms with van der Waals surface area (Å²) in [6.45, 7) is 3.95. The van der Waals surface area contributed by atoms with Gasteiger partial charge in [0.1, 0.15) is 0 Å². The fourth-order valence-electron chi connectivity index (χ4n) is 2.41. The van der Waals surface area contributed by atoms with Gasteiger partial charge in [0, 0.05) is 12.1 Å². The van der Waals surface area contributed by atoms with Crippen molar-refractivity contribution in [1.29, 1.82) is 5.26 Å². The lowest BCUT2D eigenvalue weighted by atomic mass is 9.96. The van der Waals surface area contributed by atoms with E-state index in [0.717, 1.165) is 23.1 Å². The number of carbonyl (C=O) groups is 2. The molecule has 0 bridgehead atoms. The Hall–Kier alpha value is -2.93. The highest BCUT2D eigenvalue weighted by Gasteiger charge is 2.26. The first-order valence-corrected chi connectivity index (χ1v) is 7.91. The molecule has 4 nitrogen and oxygen atoms in total. The maximum absolute atomic E-state index is 12.3. The number of carbonyl (C=O) groups excluding carboxylic acids is 2. The summed E-state index contributed by atoms with van der Waals surface area (Å²) in [5, 5.41) is 11.9. The van der Waals surface area contributed by atoms with Gasteiger partial charge in [0.2, 0.25) is 5.91 Å². The van der Waals surface area contributed by atoms with Gasteiger partial charge in [-0.3, -0.25) is 9.59 Å². The van der Waals surface area contributed by atoms with Crippen LogP contribution < -0.4 is 5.32 Å². The molecule has 0 aliphatic heterocycles. The van der Waals surface area contributed by atoms with Crippen LogP contribution in [0.3, 0.4) is 0 Å². The minimum atomic E-state index is -1.31. The van der Waals surface area contributed by atoms with Gasteiger partial charge in [-0.25, -0.2) is 0 Å². The van der Waals surface area contributed by atoms with E-state index < -0.39 is 17.6 Å². The molecule has 0 heterocycles. The van der Waals surface area contributed by atoms with Crippen molar-refractivity contribution in [1.82, 2.24) is 0 Å². The first-order valence-electron chi connectivity index (χ1n) is 7.91. The Bertz CT molecular complexity index is 773. The molecule has 0 spiro atoms. The van der Waals surface area contributed by atoms with Crippen LogP contribution in [0.4, 0.5) is 5.69 Å². The summed E-state index contributed by atoms with van der Waals surface area (Å²) in [5.41, 5.74) is 3.54. The zero-order chi connectivity index (χ0) is 17.5. The fourth-order valence-corrected chi connectivity index (χ4v) is 2.41. The maximum Gasteiger partial charge on any atom is 0.249 e. The third-order valence-electron chi connectivity index (χ3n) is 3.97. The second kappa shape index (κ2) is 8.07. The molecular formula is C20H20N2O2. The van der Waals surface area contributed by atoms with Crippen molar-refractivity contribution < 1.29 is 9.59 Å². The zero-order valence-corrected chi connectivity index (χ0v) is 13.9. The van der Waals surface area contributed by atoms with Gasteiger partial charge in [0.15, 0.2) is 11.7 Å². The molecule has 1 unspecified atom stereocenters. The number of ketones is 1. The van der Waals surface area contributed by atoms with E-state index in [1.54, 1.807) is 12.1 Å². The van der Waals surface area contributed by atoms with E-state index in [4.69, 9.17) is 0 Å². The van der Waals surface area contributed by atoms with Crippen LogP contribution in [0.1, 0.15) is 23.6 Å². The number of nitrogens with one attached hydrogen (secondary N) is 1. The minimum Gasteiger partial charge on any atom is -0.325 e. The van der Waals surface area contributed by atoms with Crippen LogP contribution in [-0.4, -0.2) is 11.7 Å². The lowest BCUT2D eigenvalue weighted by Crippen LogP contribution is -2.29. The van der Waals surface area contributed by atoms with Gasteiger partial charge in [-0.2, -0.15) is 5.26 Å². The Morgan fingerprint density at radius 1 is 1.12 bits per heavy atom. The Morgan fingerprint density at radius 2 is 1.79 bits per heavy atom. The summed E-state index contributed by atoms with van der Waals surface area (Å²) in [4.78, 5) is 24.6. The number of benzene rings is 2. The van der Waals surface area contributed by atoms with E-state index in [0.29, 0.717) is 5.69 Å². The molecule has 4 heteroatoms. The predicted molar refractivity (Wildman–Crippen MR) is 93.4 cm³/mol. The third-order valence-corrected chi connectivity index (χ3v) is 3.97. The largest absolute Gasteiger partial charge is 0.325 e. The Labute approximate surface area is 142 Å². The van der Waals surface area contributed by atoms with Crippen molar-refractivity contribution in [2.75, 3.05) is 5.32 Å². The highest BCUT2D eigenvalue weighted by atomic mass is 16.2. The highest BCUT2D eigenvalue weighted by molar-refractivity contribution is 6.09. The zero-order valence-electron chi connectivity index (χ0n) is 13.9. The normalized spacial score (nSPS) is 11.4. The van der Waals surface area contributed by atoms with Gasteiger partial charge in [0.25, 0.3) is 0 Å². The average molecular weight is 320 g/mol. The molecule has 0 aliphatic rings. The molecule has 0 saturated heterocycles. The summed E-state index contributed by atoms with van der Waals surface area (Å²) in [6, 6.07) is 16.7. The average Bonchev–Trinajstić information content (AvgIpc) is 2.58. The van der Waals surface area contributed by atoms with Crippen molar-refractivity contribution in [3.05, 3.63) is 65.2 Å². The van der Waals surface area contributed by atoms with Gasteiger partial charge in [0.05, 0.1) is 6.07 Å². The third kappa shape index (κ3) is 4.30. The summed E-state index contributed by atoms with van der Waals surface area (Å²) in [6.07, 6.45) is 0.983. The van der Waals surface area contributed by atoms with Gasteiger partial charge in [-0.1, -0.05) is 43.3 Å². The number of hydrogen-bond donors (Lipinski definition) is 1. The standard InChI is InChI=1S/C20H20N2O2/c1-3-15-8-10-17(11-9-15)22-20(24)18(13-21)19(23)12-16-7-5-4-6-14(16)2/h4-11,18H,3,12H2,1-2H3,(H,22,24). The molecule has 2 rings (SSSR count). The number of rotatable bonds is 6. The van der Waals surface area contributed by atoms with E-state index in [1.807, 2.05) is 56.3 Å². The Morgan fingerprint density at radius 3 is 2.38 bits per heavy atom. The van der Waals surface area contributed by atoms with Crippen LogP contribution >= 0.6 is 0 Å². The van der Waals surface area contributed by atoms with Gasteiger partial charge in [-0.15, -0.1) is 0 Å². The second-order valence-electron chi connectivity index (χ2n) is 5.67. The van der Waals surface area contributed by atoms with E-state index in [2.05, 4.69) is 5.32 Å². The molecule has 0 aromatic heterocycles. The number of nitriles is 1. The van der Waals surface area contributed by atoms with E-state index >= 15 is 0 Å². The molecule has 122 valence electrons. The number of Topliss-reactive ketones (excluding diaryl/α,β-unsaturated/α-hetero) is 1. The van der Waals surface area contributed by atoms with Crippen LogP contribution in [0.15, 0.2) is 48.5 Å². The number of nitrogens with zero attached hydrogens (tertiary/aromatic N) is 1. The lowest BCUT2D eigenvalue weighted by molar-refractivity contribution is -0.128. The topological polar surface area (TPSA) is 70.0 Å². The van der Waals surface area contributed by atoms with Gasteiger partial charge >= 0.3 is 0 Å². The quantitative estimate of drug-likeness (QED) is 0.829. The van der Waals surface area contributed by atoms with Crippen LogP contribution in [0.2, 0.25) is 0 Å². The monoisotopic (exact) mass is 320 g/mol. The van der Waals surface area contributed by atoms with E-state index in [1.165, 1.54) is 0 Å². The van der Waals surface area contributed by atoms with Crippen LogP contribution in [0, 0.1) is 24.2 Å². The molecular weight excluding hydrogens is 300 g/mol. The summed E-state index contributed by atoms with van der Waals surface area (Å²) in [5.74, 6) is -2.29. The summed E-state index contributed by atoms with van der Waals surface area (Å²) < 4.78 is 0. The second-order valence-corrected chi connectivity index (χ2v) is 5.67. The van der Waals surface area contributed by atoms with E-state index in [9.17, 15) is 14.9 Å². The Kier molecular flexibility index (Phi) is 5.86. The number of hydrogen-bond acceptors (Lipinski definition) is 3. The van der Waals surface area contributed by atoms with Gasteiger partial charge in [-0.05, 0) is 42.2 Å². The molecule has 2 aromatic rings. The van der Waals surface area contributed by atoms with Gasteiger partial charge < -0.3 is 5.32 Å². The first-order chi connectivity index (χ1) is 11.5. The smallest absolute Gasteiger partial charge is 0.249 e. The molecule has 0 aliphatic carbocycles. The summed E-state index contributed by atoms with van der Waals surface area (Å²) in [7, 11) is 0. The number of amides is 1. The molecule has 0 radical (unpaired) electrons. The highest BCUT2D eigenvalue weighted by Crippen LogP contribution is 2.14. The summed E-state index contributed by atoms with van der Waals surface area (Å²) >= 11 is 0. The van der Waals surface area contributed by atoms with E-state index in [-0.39, 0.29) is 6.42 Å². The minimum absolute atomic E-state index is 0.0765. The molecule has 0 fully saturated rings. The SMILES string of the molecule is CCc1ccc(NC(=O)C(C#N)C(=O)Cc2ccccc2C)cc1. The van der Waals surface area contributed by atoms with Crippen LogP contribution in [0.25, 0.3) is 0 Å². The van der Waals surface area contributed by atoms with Crippen molar-refractivity contribution >= 4 is 17.4 Å². The number of aryl methyl sites for hydroxylation is 2. The molecule has 1 N–H and O–H groups in total. The van der Waals surface area contributed by atoms with Crippen molar-refractivity contribution in [3.63, 3.8) is 0 Å². The molecule has 1 amide bonds. The first kappa shape index (κ1) is 17.4. The fraction of sp³-hybridized carbons (Fsp3) is 0.250. The predicted octanol–water partition coefficient (Wildman–Crippen LogP) is 3.45. The van der Waals surface area contributed by atoms with Crippen molar-refractivity contribution in [3.8, 4) is 6.07 Å². The maximum atomic E-state index is 12.3. The Balaban J connectivity index is 2.06.